The maximum atomic E-state index is 5.45. The molecule has 1 aliphatic rings. The lowest BCUT2D eigenvalue weighted by atomic mass is 10.2. The van der Waals surface area contributed by atoms with Crippen LogP contribution in [-0.2, 0) is 9.47 Å². The predicted molar refractivity (Wildman–Crippen MR) is 67.3 cm³/mol. The molecule has 100 valence electrons. The third-order valence-corrected chi connectivity index (χ3v) is 2.80. The summed E-state index contributed by atoms with van der Waals surface area (Å²) < 4.78 is 21.1. The Hall–Kier alpha value is -1.92. The molecule has 19 heavy (non-hydrogen) atoms. The van der Waals surface area contributed by atoms with Gasteiger partial charge in [0, 0.05) is 11.6 Å². The molecule has 1 aromatic heterocycles. The van der Waals surface area contributed by atoms with Crippen LogP contribution in [0.4, 0.5) is 0 Å². The lowest BCUT2D eigenvalue weighted by Crippen LogP contribution is -2.19. The van der Waals surface area contributed by atoms with Gasteiger partial charge in [-0.05, 0) is 18.2 Å². The lowest BCUT2D eigenvalue weighted by molar-refractivity contribution is -0.0699. The number of nitrogens with zero attached hydrogens (tertiary/aromatic N) is 2. The molecule has 0 aliphatic carbocycles. The van der Waals surface area contributed by atoms with Crippen molar-refractivity contribution >= 4 is 10.9 Å². The van der Waals surface area contributed by atoms with Crippen LogP contribution in [0.15, 0.2) is 24.4 Å². The molecule has 0 N–H and O–H groups in total. The van der Waals surface area contributed by atoms with Crippen molar-refractivity contribution in [1.29, 1.82) is 0 Å². The van der Waals surface area contributed by atoms with Crippen molar-refractivity contribution in [2.75, 3.05) is 26.9 Å². The Morgan fingerprint density at radius 1 is 1.32 bits per heavy atom. The van der Waals surface area contributed by atoms with Gasteiger partial charge in [0.05, 0.1) is 25.8 Å². The Bertz CT molecular complexity index is 570. The quantitative estimate of drug-likeness (QED) is 0.829. The molecule has 0 unspecified atom stereocenters. The minimum absolute atomic E-state index is 0.293. The molecule has 2 heterocycles. The van der Waals surface area contributed by atoms with Crippen LogP contribution in [0.2, 0.25) is 0 Å². The van der Waals surface area contributed by atoms with Gasteiger partial charge in [-0.2, -0.15) is 4.98 Å². The molecule has 1 aliphatic heterocycles. The van der Waals surface area contributed by atoms with Crippen LogP contribution in [0, 0.1) is 0 Å². The van der Waals surface area contributed by atoms with E-state index < -0.39 is 0 Å². The van der Waals surface area contributed by atoms with E-state index in [0.29, 0.717) is 25.8 Å². The number of hydrogen-bond donors (Lipinski definition) is 0. The molecule has 6 nitrogen and oxygen atoms in total. The Morgan fingerprint density at radius 2 is 2.16 bits per heavy atom. The monoisotopic (exact) mass is 262 g/mol. The van der Waals surface area contributed by atoms with Crippen molar-refractivity contribution in [1.82, 2.24) is 9.97 Å². The van der Waals surface area contributed by atoms with Crippen molar-refractivity contribution in [3.63, 3.8) is 0 Å². The van der Waals surface area contributed by atoms with E-state index in [4.69, 9.17) is 18.9 Å². The Labute approximate surface area is 110 Å². The largest absolute Gasteiger partial charge is 0.497 e. The minimum atomic E-state index is -0.324. The molecule has 0 saturated carbocycles. The summed E-state index contributed by atoms with van der Waals surface area (Å²) in [4.78, 5) is 8.45. The molecule has 3 rings (SSSR count). The maximum absolute atomic E-state index is 5.45. The van der Waals surface area contributed by atoms with E-state index in [1.54, 1.807) is 13.3 Å². The number of methoxy groups -OCH3 is 1. The van der Waals surface area contributed by atoms with Crippen LogP contribution in [-0.4, -0.2) is 43.2 Å². The topological polar surface area (TPSA) is 62.7 Å². The molecule has 1 saturated heterocycles. The second-order valence-electron chi connectivity index (χ2n) is 4.06. The first-order valence-corrected chi connectivity index (χ1v) is 6.02. The van der Waals surface area contributed by atoms with Crippen molar-refractivity contribution in [3.05, 3.63) is 24.4 Å². The number of ether oxygens (including phenoxy) is 4. The fraction of sp³-hybridized carbons (Fsp3) is 0.385. The van der Waals surface area contributed by atoms with Gasteiger partial charge in [-0.3, -0.25) is 0 Å². The van der Waals surface area contributed by atoms with Crippen molar-refractivity contribution in [3.8, 4) is 11.8 Å². The number of aromatic nitrogens is 2. The lowest BCUT2D eigenvalue weighted by Gasteiger charge is -2.10. The summed E-state index contributed by atoms with van der Waals surface area (Å²) in [6, 6.07) is 5.91. The molecule has 0 atom stereocenters. The summed E-state index contributed by atoms with van der Waals surface area (Å²) >= 11 is 0. The zero-order chi connectivity index (χ0) is 13.1. The van der Waals surface area contributed by atoms with E-state index in [1.807, 2.05) is 18.2 Å². The van der Waals surface area contributed by atoms with E-state index in [2.05, 4.69) is 9.97 Å². The summed E-state index contributed by atoms with van der Waals surface area (Å²) in [5, 5.41) is 0.903. The van der Waals surface area contributed by atoms with E-state index in [1.165, 1.54) is 0 Å². The standard InChI is InChI=1S/C13H14N2O4/c1-16-10-2-3-11-9(6-10)7-14-13(15-11)19-8-12-17-4-5-18-12/h2-3,6-7,12H,4-5,8H2,1H3. The van der Waals surface area contributed by atoms with Crippen LogP contribution >= 0.6 is 0 Å². The molecular formula is C13H14N2O4. The third kappa shape index (κ3) is 2.74. The van der Waals surface area contributed by atoms with Crippen LogP contribution in [0.25, 0.3) is 10.9 Å². The number of rotatable bonds is 4. The molecule has 6 heteroatoms. The first-order chi connectivity index (χ1) is 9.35. The average Bonchev–Trinajstić information content (AvgIpc) is 2.97. The van der Waals surface area contributed by atoms with E-state index >= 15 is 0 Å². The van der Waals surface area contributed by atoms with Crippen molar-refractivity contribution in [2.24, 2.45) is 0 Å². The average molecular weight is 262 g/mol. The highest BCUT2D eigenvalue weighted by atomic mass is 16.7. The summed E-state index contributed by atoms with van der Waals surface area (Å²) in [5.74, 6) is 0.775. The molecular weight excluding hydrogens is 248 g/mol. The first-order valence-electron chi connectivity index (χ1n) is 6.02. The van der Waals surface area contributed by atoms with Gasteiger partial charge in [0.15, 0.2) is 6.29 Å². The van der Waals surface area contributed by atoms with Crippen LogP contribution in [0.5, 0.6) is 11.8 Å². The van der Waals surface area contributed by atoms with Crippen LogP contribution < -0.4 is 9.47 Å². The first kappa shape index (κ1) is 12.1. The van der Waals surface area contributed by atoms with Gasteiger partial charge in [-0.15, -0.1) is 0 Å². The second kappa shape index (κ2) is 5.38. The Morgan fingerprint density at radius 3 is 2.95 bits per heavy atom. The molecule has 1 fully saturated rings. The Balaban J connectivity index is 1.73. The highest BCUT2D eigenvalue weighted by Crippen LogP contribution is 2.20. The molecule has 0 amide bonds. The zero-order valence-corrected chi connectivity index (χ0v) is 10.5. The highest BCUT2D eigenvalue weighted by Gasteiger charge is 2.17. The van der Waals surface area contributed by atoms with Gasteiger partial charge in [-0.25, -0.2) is 4.98 Å². The molecule has 0 radical (unpaired) electrons. The highest BCUT2D eigenvalue weighted by molar-refractivity contribution is 5.79. The Kier molecular flexibility index (Phi) is 3.43. The summed E-state index contributed by atoms with van der Waals surface area (Å²) in [6.45, 7) is 1.50. The predicted octanol–water partition coefficient (Wildman–Crippen LogP) is 1.39. The third-order valence-electron chi connectivity index (χ3n) is 2.80. The van der Waals surface area contributed by atoms with Gasteiger partial charge in [0.2, 0.25) is 0 Å². The van der Waals surface area contributed by atoms with Gasteiger partial charge < -0.3 is 18.9 Å². The number of benzene rings is 1. The normalized spacial score (nSPS) is 15.8. The van der Waals surface area contributed by atoms with Gasteiger partial charge in [-0.1, -0.05) is 0 Å². The molecule has 1 aromatic carbocycles. The van der Waals surface area contributed by atoms with Crippen molar-refractivity contribution < 1.29 is 18.9 Å². The number of hydrogen-bond acceptors (Lipinski definition) is 6. The fourth-order valence-corrected chi connectivity index (χ4v) is 1.84. The van der Waals surface area contributed by atoms with E-state index in [9.17, 15) is 0 Å². The van der Waals surface area contributed by atoms with Gasteiger partial charge in [0.1, 0.15) is 12.4 Å². The summed E-state index contributed by atoms with van der Waals surface area (Å²) in [5.41, 5.74) is 0.805. The van der Waals surface area contributed by atoms with Gasteiger partial charge >= 0.3 is 6.01 Å². The van der Waals surface area contributed by atoms with Gasteiger partial charge in [0.25, 0.3) is 0 Å². The molecule has 0 spiro atoms. The van der Waals surface area contributed by atoms with Crippen molar-refractivity contribution in [2.45, 2.75) is 6.29 Å². The molecule has 0 bridgehead atoms. The summed E-state index contributed by atoms with van der Waals surface area (Å²) in [6.07, 6.45) is 1.38. The molecule has 2 aromatic rings. The van der Waals surface area contributed by atoms with E-state index in [-0.39, 0.29) is 6.29 Å². The summed E-state index contributed by atoms with van der Waals surface area (Å²) in [7, 11) is 1.63. The zero-order valence-electron chi connectivity index (χ0n) is 10.5. The van der Waals surface area contributed by atoms with E-state index in [0.717, 1.165) is 16.7 Å². The SMILES string of the molecule is COc1ccc2nc(OCC3OCCO3)ncc2c1. The minimum Gasteiger partial charge on any atom is -0.497 e. The smallest absolute Gasteiger partial charge is 0.317 e. The van der Waals surface area contributed by atoms with Crippen LogP contribution in [0.1, 0.15) is 0 Å². The van der Waals surface area contributed by atoms with Crippen LogP contribution in [0.3, 0.4) is 0 Å². The maximum Gasteiger partial charge on any atom is 0.317 e. The number of fused-ring (bicyclic) bond motifs is 1. The second-order valence-corrected chi connectivity index (χ2v) is 4.06. The fourth-order valence-electron chi connectivity index (χ4n) is 1.84.